The molecule has 172 valence electrons. The summed E-state index contributed by atoms with van der Waals surface area (Å²) in [6.07, 6.45) is 8.04. The van der Waals surface area contributed by atoms with Crippen molar-refractivity contribution in [3.8, 4) is 17.3 Å². The van der Waals surface area contributed by atoms with E-state index in [0.717, 1.165) is 40.2 Å². The molecule has 4 heterocycles. The van der Waals surface area contributed by atoms with E-state index in [4.69, 9.17) is 9.72 Å². The summed E-state index contributed by atoms with van der Waals surface area (Å²) in [6, 6.07) is 9.28. The maximum absolute atomic E-state index is 11.8. The Morgan fingerprint density at radius 2 is 2.09 bits per heavy atom. The lowest BCUT2D eigenvalue weighted by molar-refractivity contribution is 0.0696. The first kappa shape index (κ1) is 20.5. The Balaban J connectivity index is 1.64. The normalized spacial score (nSPS) is 13.7. The molecule has 6 rings (SSSR count). The number of carbonyl (C=O) groups is 1. The molecule has 0 atom stereocenters. The minimum absolute atomic E-state index is 0.141. The van der Waals surface area contributed by atoms with Gasteiger partial charge in [0.2, 0.25) is 0 Å². The zero-order valence-electron chi connectivity index (χ0n) is 19.0. The molecule has 9 nitrogen and oxygen atoms in total. The molecular weight excluding hydrogens is 432 g/mol. The second-order valence-electron chi connectivity index (χ2n) is 8.89. The number of hydrogen-bond acceptors (Lipinski definition) is 5. The van der Waals surface area contributed by atoms with E-state index in [-0.39, 0.29) is 5.56 Å². The summed E-state index contributed by atoms with van der Waals surface area (Å²) in [6.45, 7) is 1.39. The van der Waals surface area contributed by atoms with Crippen LogP contribution in [0, 0.1) is 5.92 Å². The molecule has 0 amide bonds. The maximum Gasteiger partial charge on any atom is 0.335 e. The number of hydrogen-bond donors (Lipinski definition) is 1. The van der Waals surface area contributed by atoms with Crippen molar-refractivity contribution < 1.29 is 14.6 Å². The van der Waals surface area contributed by atoms with Crippen LogP contribution >= 0.6 is 0 Å². The summed E-state index contributed by atoms with van der Waals surface area (Å²) < 4.78 is 11.8. The molecule has 4 aromatic heterocycles. The zero-order chi connectivity index (χ0) is 23.4. The quantitative estimate of drug-likeness (QED) is 0.398. The van der Waals surface area contributed by atoms with Crippen molar-refractivity contribution in [3.05, 3.63) is 60.0 Å². The molecule has 1 aromatic carbocycles. The maximum atomic E-state index is 11.8. The van der Waals surface area contributed by atoms with E-state index in [1.165, 1.54) is 12.8 Å². The molecule has 0 aliphatic heterocycles. The van der Waals surface area contributed by atoms with E-state index in [1.54, 1.807) is 23.9 Å². The Bertz CT molecular complexity index is 1560. The number of benzene rings is 1. The second kappa shape index (κ2) is 7.72. The predicted molar refractivity (Wildman–Crippen MR) is 127 cm³/mol. The molecular formula is C25H24N6O3. The van der Waals surface area contributed by atoms with Gasteiger partial charge in [0.1, 0.15) is 16.9 Å². The minimum atomic E-state index is -1.02. The Morgan fingerprint density at radius 1 is 1.24 bits per heavy atom. The molecule has 0 unspecified atom stereocenters. The molecule has 1 aliphatic carbocycles. The number of carboxylic acid groups (broad SMARTS) is 1. The lowest BCUT2D eigenvalue weighted by Crippen LogP contribution is -2.08. The molecule has 1 aliphatic rings. The predicted octanol–water partition coefficient (Wildman–Crippen LogP) is 3.95. The van der Waals surface area contributed by atoms with Crippen LogP contribution in [-0.2, 0) is 20.1 Å². The van der Waals surface area contributed by atoms with Gasteiger partial charge in [-0.15, -0.1) is 0 Å². The monoisotopic (exact) mass is 456 g/mol. The van der Waals surface area contributed by atoms with Crippen molar-refractivity contribution in [2.75, 3.05) is 7.11 Å². The van der Waals surface area contributed by atoms with Gasteiger partial charge in [0.25, 0.3) is 0 Å². The lowest BCUT2D eigenvalue weighted by Gasteiger charge is -2.13. The Kier molecular flexibility index (Phi) is 4.65. The standard InChI is InChI=1S/C25H24N6O3/c1-29-12-16(11-27-29)14-31-22-19(8-18(25(32)33)10-21(22)34-2)28-24(31)20-9-17-4-3-7-26-23(17)30(20)13-15-5-6-15/h3-4,7-12,15H,5-6,13-14H2,1-2H3,(H,32,33). The van der Waals surface area contributed by atoms with E-state index in [2.05, 4.69) is 31.3 Å². The van der Waals surface area contributed by atoms with Gasteiger partial charge >= 0.3 is 5.97 Å². The average Bonchev–Trinajstić information content (AvgIpc) is 3.28. The first-order valence-corrected chi connectivity index (χ1v) is 11.3. The van der Waals surface area contributed by atoms with E-state index < -0.39 is 5.97 Å². The van der Waals surface area contributed by atoms with Crippen molar-refractivity contribution in [1.29, 1.82) is 0 Å². The van der Waals surface area contributed by atoms with E-state index in [1.807, 2.05) is 31.7 Å². The summed E-state index contributed by atoms with van der Waals surface area (Å²) in [5.41, 5.74) is 4.37. The fourth-order valence-electron chi connectivity index (χ4n) is 4.61. The third kappa shape index (κ3) is 3.40. The van der Waals surface area contributed by atoms with Crippen molar-refractivity contribution in [2.45, 2.75) is 25.9 Å². The Morgan fingerprint density at radius 3 is 2.79 bits per heavy atom. The highest BCUT2D eigenvalue weighted by atomic mass is 16.5. The smallest absolute Gasteiger partial charge is 0.335 e. The minimum Gasteiger partial charge on any atom is -0.494 e. The number of carboxylic acids is 1. The molecule has 34 heavy (non-hydrogen) atoms. The van der Waals surface area contributed by atoms with Crippen molar-refractivity contribution in [1.82, 2.24) is 28.9 Å². The number of aromatic nitrogens is 6. The van der Waals surface area contributed by atoms with E-state index in [9.17, 15) is 9.90 Å². The van der Waals surface area contributed by atoms with Crippen molar-refractivity contribution in [3.63, 3.8) is 0 Å². The van der Waals surface area contributed by atoms with Gasteiger partial charge in [-0.05, 0) is 49.1 Å². The summed E-state index contributed by atoms with van der Waals surface area (Å²) in [4.78, 5) is 21.4. The fourth-order valence-corrected chi connectivity index (χ4v) is 4.61. The number of ether oxygens (including phenoxy) is 1. The highest BCUT2D eigenvalue weighted by molar-refractivity contribution is 5.96. The molecule has 9 heteroatoms. The van der Waals surface area contributed by atoms with Gasteiger partial charge in [-0.2, -0.15) is 5.10 Å². The third-order valence-corrected chi connectivity index (χ3v) is 6.40. The number of imidazole rings is 1. The van der Waals surface area contributed by atoms with Crippen LogP contribution < -0.4 is 4.74 Å². The van der Waals surface area contributed by atoms with Gasteiger partial charge in [0, 0.05) is 36.9 Å². The third-order valence-electron chi connectivity index (χ3n) is 6.40. The van der Waals surface area contributed by atoms with Crippen LogP contribution in [0.1, 0.15) is 28.8 Å². The van der Waals surface area contributed by atoms with Crippen LogP contribution in [0.4, 0.5) is 0 Å². The Labute approximate surface area is 195 Å². The van der Waals surface area contributed by atoms with Crippen LogP contribution in [0.3, 0.4) is 0 Å². The van der Waals surface area contributed by atoms with Crippen LogP contribution in [0.5, 0.6) is 5.75 Å². The van der Waals surface area contributed by atoms with Gasteiger partial charge in [-0.3, -0.25) is 4.68 Å². The largest absolute Gasteiger partial charge is 0.494 e. The molecule has 1 saturated carbocycles. The first-order valence-electron chi connectivity index (χ1n) is 11.3. The molecule has 5 aromatic rings. The number of pyridine rings is 1. The van der Waals surface area contributed by atoms with E-state index in [0.29, 0.717) is 23.7 Å². The number of aromatic carboxylic acids is 1. The molecule has 0 spiro atoms. The summed E-state index contributed by atoms with van der Waals surface area (Å²) in [7, 11) is 3.44. The van der Waals surface area contributed by atoms with Crippen LogP contribution in [0.25, 0.3) is 33.6 Å². The Hall–Kier alpha value is -4.14. The second-order valence-corrected chi connectivity index (χ2v) is 8.89. The van der Waals surface area contributed by atoms with Gasteiger partial charge in [0.15, 0.2) is 5.82 Å². The van der Waals surface area contributed by atoms with Crippen molar-refractivity contribution in [2.24, 2.45) is 13.0 Å². The summed E-state index contributed by atoms with van der Waals surface area (Å²) in [5, 5.41) is 15.0. The van der Waals surface area contributed by atoms with Crippen LogP contribution in [0.15, 0.2) is 48.9 Å². The molecule has 0 radical (unpaired) electrons. The molecule has 1 fully saturated rings. The highest BCUT2D eigenvalue weighted by Gasteiger charge is 2.27. The molecule has 1 N–H and O–H groups in total. The zero-order valence-corrected chi connectivity index (χ0v) is 19.0. The van der Waals surface area contributed by atoms with E-state index >= 15 is 0 Å². The van der Waals surface area contributed by atoms with Crippen molar-refractivity contribution >= 4 is 28.0 Å². The SMILES string of the molecule is COc1cc(C(=O)O)cc2nc(-c3cc4cccnc4n3CC3CC3)n(Cc3cnn(C)c3)c12. The van der Waals surface area contributed by atoms with Gasteiger partial charge < -0.3 is 19.0 Å². The fraction of sp³-hybridized carbons (Fsp3) is 0.280. The number of fused-ring (bicyclic) bond motifs is 2. The number of aryl methyl sites for hydroxylation is 1. The van der Waals surface area contributed by atoms with Gasteiger partial charge in [-0.1, -0.05) is 0 Å². The first-order chi connectivity index (χ1) is 16.5. The lowest BCUT2D eigenvalue weighted by atomic mass is 10.2. The van der Waals surface area contributed by atoms with Gasteiger partial charge in [0.05, 0.1) is 36.6 Å². The average molecular weight is 457 g/mol. The van der Waals surface area contributed by atoms with Gasteiger partial charge in [-0.25, -0.2) is 14.8 Å². The van der Waals surface area contributed by atoms with Crippen LogP contribution in [-0.4, -0.2) is 47.1 Å². The number of nitrogens with zero attached hydrogens (tertiary/aromatic N) is 6. The number of methoxy groups -OCH3 is 1. The molecule has 0 bridgehead atoms. The van der Waals surface area contributed by atoms with Crippen LogP contribution in [0.2, 0.25) is 0 Å². The highest BCUT2D eigenvalue weighted by Crippen LogP contribution is 2.38. The summed E-state index contributed by atoms with van der Waals surface area (Å²) >= 11 is 0. The molecule has 0 saturated heterocycles. The summed E-state index contributed by atoms with van der Waals surface area (Å²) in [5.74, 6) is 0.843. The topological polar surface area (TPSA) is 100.0 Å². The number of rotatable bonds is 7.